The summed E-state index contributed by atoms with van der Waals surface area (Å²) in [6.07, 6.45) is 59.6. The fourth-order valence-corrected chi connectivity index (χ4v) is 9.90. The third-order valence-electron chi connectivity index (χ3n) is 14.7. The second-order valence-corrected chi connectivity index (χ2v) is 21.9. The number of aliphatic carboxylic acids is 1. The van der Waals surface area contributed by atoms with Gasteiger partial charge in [-0.25, -0.2) is 0 Å². The molecule has 0 aliphatic rings. The molecule has 0 atom stereocenters. The van der Waals surface area contributed by atoms with Crippen molar-refractivity contribution in [3.8, 4) is 0 Å². The maximum Gasteiger partial charge on any atom is 0.300 e. The SMILES string of the molecule is CC(=O)O.CCCCCCCCCCCCCCCCCC(=O)NCCN(CCN(CCC(N)=O)C(=O)CCCCCCCCCCCCCCCCC)C(=O)CCCCCCCCCCCCCCCCC. The largest absolute Gasteiger partial charge is 0.481 e. The molecule has 0 saturated heterocycles. The van der Waals surface area contributed by atoms with E-state index in [1.54, 1.807) is 4.90 Å². The average Bonchev–Trinajstić information content (AvgIpc) is 3.36. The minimum Gasteiger partial charge on any atom is -0.481 e. The predicted octanol–water partition coefficient (Wildman–Crippen LogP) is 17.5. The Kier molecular flexibility index (Phi) is 59.7. The molecule has 73 heavy (non-hydrogen) atoms. The van der Waals surface area contributed by atoms with Crippen LogP contribution in [0.1, 0.15) is 342 Å². The molecular formula is C63H124N4O6. The first-order chi connectivity index (χ1) is 35.6. The number of nitrogens with one attached hydrogen (secondary N) is 1. The lowest BCUT2D eigenvalue weighted by Gasteiger charge is -2.28. The molecule has 432 valence electrons. The molecule has 10 heteroatoms. The highest BCUT2D eigenvalue weighted by atomic mass is 16.4. The Morgan fingerprint density at radius 1 is 0.329 bits per heavy atom. The molecule has 0 aromatic rings. The van der Waals surface area contributed by atoms with Crippen molar-refractivity contribution in [3.05, 3.63) is 0 Å². The first-order valence-electron chi connectivity index (χ1n) is 31.9. The molecule has 0 heterocycles. The van der Waals surface area contributed by atoms with Crippen LogP contribution in [0.5, 0.6) is 0 Å². The van der Waals surface area contributed by atoms with Crippen LogP contribution in [0, 0.1) is 0 Å². The Morgan fingerprint density at radius 3 is 0.795 bits per heavy atom. The standard InChI is InChI=1S/C61H120N4O4.C2H4O2/c1-4-7-10-13-16-19-22-25-28-31-34-37-40-43-46-49-59(67)63-53-55-65(61(69)51-48-45-42-39-36-33-30-27-24-21-18-15-12-9-6-3)57-56-64(54-52-58(62)66)60(68)50-47-44-41-38-35-32-29-26-23-20-17-14-11-8-5-2;1-2(3)4/h4-57H2,1-3H3,(H2,62,66)(H,63,67);1H3,(H,3,4). The Hall–Kier alpha value is -2.65. The second-order valence-electron chi connectivity index (χ2n) is 21.9. The smallest absolute Gasteiger partial charge is 0.300 e. The maximum absolute atomic E-state index is 13.7. The van der Waals surface area contributed by atoms with Gasteiger partial charge in [0.25, 0.3) is 5.97 Å². The zero-order valence-electron chi connectivity index (χ0n) is 49.1. The van der Waals surface area contributed by atoms with Gasteiger partial charge in [-0.05, 0) is 19.3 Å². The number of nitrogens with zero attached hydrogens (tertiary/aromatic N) is 2. The zero-order valence-corrected chi connectivity index (χ0v) is 49.1. The molecule has 0 aliphatic heterocycles. The van der Waals surface area contributed by atoms with E-state index in [9.17, 15) is 19.2 Å². The molecule has 0 bridgehead atoms. The lowest BCUT2D eigenvalue weighted by atomic mass is 10.0. The average molecular weight is 1030 g/mol. The van der Waals surface area contributed by atoms with Gasteiger partial charge in [-0.3, -0.25) is 24.0 Å². The summed E-state index contributed by atoms with van der Waals surface area (Å²) in [4.78, 5) is 64.4. The van der Waals surface area contributed by atoms with Crippen LogP contribution < -0.4 is 11.1 Å². The number of carbonyl (C=O) groups excluding carboxylic acids is 4. The monoisotopic (exact) mass is 1030 g/mol. The van der Waals surface area contributed by atoms with E-state index < -0.39 is 11.9 Å². The summed E-state index contributed by atoms with van der Waals surface area (Å²) in [6, 6.07) is 0. The van der Waals surface area contributed by atoms with Gasteiger partial charge in [-0.2, -0.15) is 0 Å². The number of hydrogen-bond acceptors (Lipinski definition) is 5. The third-order valence-corrected chi connectivity index (χ3v) is 14.7. The van der Waals surface area contributed by atoms with Gasteiger partial charge in [-0.15, -0.1) is 0 Å². The van der Waals surface area contributed by atoms with Gasteiger partial charge in [-0.1, -0.05) is 290 Å². The van der Waals surface area contributed by atoms with Crippen LogP contribution in [0.2, 0.25) is 0 Å². The van der Waals surface area contributed by atoms with Gasteiger partial charge in [0.1, 0.15) is 0 Å². The molecule has 0 aromatic heterocycles. The van der Waals surface area contributed by atoms with Gasteiger partial charge in [0.2, 0.25) is 23.6 Å². The van der Waals surface area contributed by atoms with Gasteiger partial charge in [0.05, 0.1) is 0 Å². The summed E-state index contributed by atoms with van der Waals surface area (Å²) in [5, 5.41) is 10.5. The third kappa shape index (κ3) is 60.1. The minimum absolute atomic E-state index is 0.0394. The van der Waals surface area contributed by atoms with Crippen molar-refractivity contribution in [3.63, 3.8) is 0 Å². The molecule has 10 nitrogen and oxygen atoms in total. The zero-order chi connectivity index (χ0) is 53.9. The summed E-state index contributed by atoms with van der Waals surface area (Å²) in [6.45, 7) is 9.82. The first-order valence-corrected chi connectivity index (χ1v) is 31.9. The summed E-state index contributed by atoms with van der Waals surface area (Å²) < 4.78 is 0. The van der Waals surface area contributed by atoms with Crippen molar-refractivity contribution in [2.24, 2.45) is 5.73 Å². The summed E-state index contributed by atoms with van der Waals surface area (Å²) in [7, 11) is 0. The highest BCUT2D eigenvalue weighted by Crippen LogP contribution is 2.18. The number of hydrogen-bond donors (Lipinski definition) is 3. The lowest BCUT2D eigenvalue weighted by Crippen LogP contribution is -2.44. The normalized spacial score (nSPS) is 11.1. The van der Waals surface area contributed by atoms with Crippen LogP contribution in [0.3, 0.4) is 0 Å². The predicted molar refractivity (Wildman–Crippen MR) is 312 cm³/mol. The van der Waals surface area contributed by atoms with Crippen molar-refractivity contribution in [1.29, 1.82) is 0 Å². The van der Waals surface area contributed by atoms with Gasteiger partial charge < -0.3 is 26.0 Å². The van der Waals surface area contributed by atoms with E-state index in [0.29, 0.717) is 45.4 Å². The van der Waals surface area contributed by atoms with E-state index in [1.807, 2.05) is 4.90 Å². The molecule has 0 fully saturated rings. The van der Waals surface area contributed by atoms with E-state index >= 15 is 0 Å². The first kappa shape index (κ1) is 72.4. The molecule has 0 spiro atoms. The lowest BCUT2D eigenvalue weighted by molar-refractivity contribution is -0.136. The van der Waals surface area contributed by atoms with E-state index in [4.69, 9.17) is 15.6 Å². The van der Waals surface area contributed by atoms with E-state index in [0.717, 1.165) is 58.3 Å². The highest BCUT2D eigenvalue weighted by molar-refractivity contribution is 5.79. The topological polar surface area (TPSA) is 150 Å². The van der Waals surface area contributed by atoms with Crippen molar-refractivity contribution >= 4 is 29.6 Å². The van der Waals surface area contributed by atoms with Gasteiger partial charge in [0, 0.05) is 65.3 Å². The maximum atomic E-state index is 13.7. The van der Waals surface area contributed by atoms with Crippen molar-refractivity contribution < 1.29 is 29.1 Å². The molecule has 4 N–H and O–H groups in total. The van der Waals surface area contributed by atoms with Crippen molar-refractivity contribution in [1.82, 2.24) is 15.1 Å². The fraction of sp³-hybridized carbons (Fsp3) is 0.921. The van der Waals surface area contributed by atoms with Gasteiger partial charge >= 0.3 is 0 Å². The Morgan fingerprint density at radius 2 is 0.548 bits per heavy atom. The van der Waals surface area contributed by atoms with Crippen molar-refractivity contribution in [2.45, 2.75) is 342 Å². The number of primary amides is 1. The molecule has 0 saturated carbocycles. The van der Waals surface area contributed by atoms with E-state index in [1.165, 1.54) is 238 Å². The molecular weight excluding hydrogens is 909 g/mol. The molecule has 0 aromatic carbocycles. The van der Waals surface area contributed by atoms with Crippen LogP contribution in [0.25, 0.3) is 0 Å². The highest BCUT2D eigenvalue weighted by Gasteiger charge is 2.19. The molecule has 4 amide bonds. The minimum atomic E-state index is -0.833. The van der Waals surface area contributed by atoms with E-state index in [-0.39, 0.29) is 30.7 Å². The molecule has 0 radical (unpaired) electrons. The van der Waals surface area contributed by atoms with E-state index in [2.05, 4.69) is 26.1 Å². The van der Waals surface area contributed by atoms with Gasteiger partial charge in [0.15, 0.2) is 0 Å². The molecule has 0 unspecified atom stereocenters. The Labute approximate surface area is 452 Å². The molecule has 0 aliphatic carbocycles. The molecule has 0 rings (SSSR count). The van der Waals surface area contributed by atoms with Crippen LogP contribution in [-0.2, 0) is 24.0 Å². The second kappa shape index (κ2) is 60.2. The number of carbonyl (C=O) groups is 5. The number of carboxylic acid groups (broad SMARTS) is 1. The summed E-state index contributed by atoms with van der Waals surface area (Å²) in [5.41, 5.74) is 5.54. The Bertz CT molecular complexity index is 1210. The number of rotatable bonds is 57. The number of nitrogens with two attached hydrogens (primary N) is 1. The van der Waals surface area contributed by atoms with Crippen LogP contribution in [-0.4, -0.2) is 77.2 Å². The number of unbranched alkanes of at least 4 members (excludes halogenated alkanes) is 42. The van der Waals surface area contributed by atoms with Crippen LogP contribution in [0.15, 0.2) is 0 Å². The summed E-state index contributed by atoms with van der Waals surface area (Å²) >= 11 is 0. The van der Waals surface area contributed by atoms with Crippen LogP contribution in [0.4, 0.5) is 0 Å². The number of carboxylic acids is 1. The number of amides is 4. The Balaban J connectivity index is 0. The van der Waals surface area contributed by atoms with Crippen molar-refractivity contribution in [2.75, 3.05) is 32.7 Å². The van der Waals surface area contributed by atoms with Crippen LogP contribution >= 0.6 is 0 Å². The fourth-order valence-electron chi connectivity index (χ4n) is 9.90. The summed E-state index contributed by atoms with van der Waals surface area (Å²) in [5.74, 6) is -1.07. The quantitative estimate of drug-likeness (QED) is 0.0516.